The highest BCUT2D eigenvalue weighted by Gasteiger charge is 2.18. The SMILES string of the molecule is CC(C)[C@@H](N)C(=O)Nc1ccc(Cl)cc1F.Cl. The molecule has 17 heavy (non-hydrogen) atoms. The highest BCUT2D eigenvalue weighted by atomic mass is 35.5. The highest BCUT2D eigenvalue weighted by Crippen LogP contribution is 2.19. The molecule has 3 N–H and O–H groups in total. The van der Waals surface area contributed by atoms with Gasteiger partial charge in [0.1, 0.15) is 5.82 Å². The molecule has 1 atom stereocenters. The standard InChI is InChI=1S/C11H14ClFN2O.ClH/c1-6(2)10(14)11(16)15-9-4-3-7(12)5-8(9)13;/h3-6,10H,14H2,1-2H3,(H,15,16);1H/t10-;/m1./s1. The van der Waals surface area contributed by atoms with Gasteiger partial charge < -0.3 is 11.1 Å². The molecular formula is C11H15Cl2FN2O. The normalized spacial score (nSPS) is 11.9. The van der Waals surface area contributed by atoms with Crippen molar-refractivity contribution in [3.05, 3.63) is 29.0 Å². The Morgan fingerprint density at radius 1 is 1.47 bits per heavy atom. The number of hydrogen-bond acceptors (Lipinski definition) is 2. The van der Waals surface area contributed by atoms with E-state index in [2.05, 4.69) is 5.32 Å². The summed E-state index contributed by atoms with van der Waals surface area (Å²) < 4.78 is 13.3. The van der Waals surface area contributed by atoms with Gasteiger partial charge in [0.15, 0.2) is 0 Å². The Kier molecular flexibility index (Phi) is 6.45. The molecule has 0 saturated heterocycles. The quantitative estimate of drug-likeness (QED) is 0.895. The van der Waals surface area contributed by atoms with Gasteiger partial charge in [-0.05, 0) is 24.1 Å². The van der Waals surface area contributed by atoms with Gasteiger partial charge in [-0.2, -0.15) is 0 Å². The summed E-state index contributed by atoms with van der Waals surface area (Å²) in [5.41, 5.74) is 5.72. The Bertz CT molecular complexity index is 399. The lowest BCUT2D eigenvalue weighted by Gasteiger charge is -2.15. The largest absolute Gasteiger partial charge is 0.322 e. The van der Waals surface area contributed by atoms with E-state index in [-0.39, 0.29) is 29.0 Å². The van der Waals surface area contributed by atoms with Crippen molar-refractivity contribution in [3.8, 4) is 0 Å². The number of carbonyl (C=O) groups excluding carboxylic acids is 1. The van der Waals surface area contributed by atoms with Gasteiger partial charge in [0, 0.05) is 5.02 Å². The molecule has 3 nitrogen and oxygen atoms in total. The van der Waals surface area contributed by atoms with Crippen molar-refractivity contribution in [2.24, 2.45) is 11.7 Å². The molecule has 0 aliphatic rings. The lowest BCUT2D eigenvalue weighted by Crippen LogP contribution is -2.39. The average Bonchev–Trinajstić information content (AvgIpc) is 2.20. The second-order valence-corrected chi connectivity index (χ2v) is 4.32. The van der Waals surface area contributed by atoms with Crippen LogP contribution in [0.15, 0.2) is 18.2 Å². The first-order valence-electron chi connectivity index (χ1n) is 4.93. The summed E-state index contributed by atoms with van der Waals surface area (Å²) in [6.45, 7) is 3.64. The summed E-state index contributed by atoms with van der Waals surface area (Å²) in [6.07, 6.45) is 0. The van der Waals surface area contributed by atoms with Crippen LogP contribution in [0.4, 0.5) is 10.1 Å². The molecule has 1 aromatic rings. The van der Waals surface area contributed by atoms with Crippen LogP contribution in [0.5, 0.6) is 0 Å². The van der Waals surface area contributed by atoms with Crippen LogP contribution in [0.1, 0.15) is 13.8 Å². The van der Waals surface area contributed by atoms with Gasteiger partial charge in [-0.25, -0.2) is 4.39 Å². The van der Waals surface area contributed by atoms with Crippen LogP contribution in [0.25, 0.3) is 0 Å². The number of halogens is 3. The van der Waals surface area contributed by atoms with E-state index in [0.717, 1.165) is 6.07 Å². The number of nitrogens with one attached hydrogen (secondary N) is 1. The van der Waals surface area contributed by atoms with Crippen molar-refractivity contribution in [1.82, 2.24) is 0 Å². The fourth-order valence-corrected chi connectivity index (χ4v) is 1.27. The smallest absolute Gasteiger partial charge is 0.241 e. The van der Waals surface area contributed by atoms with Crippen molar-refractivity contribution in [3.63, 3.8) is 0 Å². The van der Waals surface area contributed by atoms with Crippen molar-refractivity contribution in [1.29, 1.82) is 0 Å². The maximum Gasteiger partial charge on any atom is 0.241 e. The third-order valence-electron chi connectivity index (χ3n) is 2.21. The van der Waals surface area contributed by atoms with E-state index in [1.165, 1.54) is 12.1 Å². The monoisotopic (exact) mass is 280 g/mol. The molecule has 96 valence electrons. The second kappa shape index (κ2) is 6.79. The molecule has 0 aliphatic heterocycles. The maximum absolute atomic E-state index is 13.3. The zero-order valence-corrected chi connectivity index (χ0v) is 11.1. The van der Waals surface area contributed by atoms with Crippen molar-refractivity contribution >= 4 is 35.6 Å². The Balaban J connectivity index is 0.00000256. The summed E-state index contributed by atoms with van der Waals surface area (Å²) in [6, 6.07) is 3.39. The first-order valence-corrected chi connectivity index (χ1v) is 5.31. The number of nitrogens with two attached hydrogens (primary N) is 1. The van der Waals surface area contributed by atoms with Crippen LogP contribution >= 0.6 is 24.0 Å². The van der Waals surface area contributed by atoms with E-state index in [0.29, 0.717) is 0 Å². The molecule has 0 spiro atoms. The Morgan fingerprint density at radius 2 is 2.06 bits per heavy atom. The molecule has 6 heteroatoms. The fourth-order valence-electron chi connectivity index (χ4n) is 1.11. The van der Waals surface area contributed by atoms with E-state index in [9.17, 15) is 9.18 Å². The van der Waals surface area contributed by atoms with Crippen LogP contribution in [-0.2, 0) is 4.79 Å². The summed E-state index contributed by atoms with van der Waals surface area (Å²) in [7, 11) is 0. The second-order valence-electron chi connectivity index (χ2n) is 3.88. The van der Waals surface area contributed by atoms with Gasteiger partial charge in [-0.15, -0.1) is 12.4 Å². The zero-order chi connectivity index (χ0) is 12.3. The third-order valence-corrected chi connectivity index (χ3v) is 2.45. The molecule has 0 unspecified atom stereocenters. The Labute approximate surface area is 111 Å². The first-order chi connectivity index (χ1) is 7.41. The molecule has 0 saturated carbocycles. The fraction of sp³-hybridized carbons (Fsp3) is 0.364. The number of benzene rings is 1. The van der Waals surface area contributed by atoms with Crippen molar-refractivity contribution in [2.45, 2.75) is 19.9 Å². The highest BCUT2D eigenvalue weighted by molar-refractivity contribution is 6.30. The maximum atomic E-state index is 13.3. The predicted molar refractivity (Wildman–Crippen MR) is 70.1 cm³/mol. The van der Waals surface area contributed by atoms with Gasteiger partial charge >= 0.3 is 0 Å². The molecule has 0 heterocycles. The minimum atomic E-state index is -0.657. The van der Waals surface area contributed by atoms with Gasteiger partial charge in [-0.1, -0.05) is 25.4 Å². The van der Waals surface area contributed by atoms with Gasteiger partial charge in [0.25, 0.3) is 0 Å². The Hall–Kier alpha value is -0.840. The molecule has 0 bridgehead atoms. The van der Waals surface area contributed by atoms with E-state index >= 15 is 0 Å². The summed E-state index contributed by atoms with van der Waals surface area (Å²) >= 11 is 5.59. The minimum Gasteiger partial charge on any atom is -0.322 e. The molecule has 1 rings (SSSR count). The molecular weight excluding hydrogens is 266 g/mol. The lowest BCUT2D eigenvalue weighted by atomic mass is 10.0. The van der Waals surface area contributed by atoms with E-state index < -0.39 is 17.8 Å². The topological polar surface area (TPSA) is 55.1 Å². The lowest BCUT2D eigenvalue weighted by molar-refractivity contribution is -0.118. The number of amides is 1. The minimum absolute atomic E-state index is 0. The summed E-state index contributed by atoms with van der Waals surface area (Å²) in [5.74, 6) is -0.983. The van der Waals surface area contributed by atoms with Gasteiger partial charge in [0.05, 0.1) is 11.7 Å². The molecule has 1 aromatic carbocycles. The summed E-state index contributed by atoms with van der Waals surface area (Å²) in [5, 5.41) is 2.70. The molecule has 1 amide bonds. The molecule has 0 aliphatic carbocycles. The predicted octanol–water partition coefficient (Wildman–Crippen LogP) is 2.82. The van der Waals surface area contributed by atoms with Crippen molar-refractivity contribution in [2.75, 3.05) is 5.32 Å². The number of rotatable bonds is 3. The van der Waals surface area contributed by atoms with Crippen LogP contribution in [-0.4, -0.2) is 11.9 Å². The average molecular weight is 281 g/mol. The van der Waals surface area contributed by atoms with Crippen LogP contribution < -0.4 is 11.1 Å². The first kappa shape index (κ1) is 16.2. The van der Waals surface area contributed by atoms with E-state index in [4.69, 9.17) is 17.3 Å². The van der Waals surface area contributed by atoms with E-state index in [1.54, 1.807) is 0 Å². The third kappa shape index (κ3) is 4.50. The van der Waals surface area contributed by atoms with Crippen LogP contribution in [0.2, 0.25) is 5.02 Å². The summed E-state index contributed by atoms with van der Waals surface area (Å²) in [4.78, 5) is 11.6. The van der Waals surface area contributed by atoms with Gasteiger partial charge in [-0.3, -0.25) is 4.79 Å². The molecule has 0 fully saturated rings. The Morgan fingerprint density at radius 3 is 2.53 bits per heavy atom. The number of carbonyl (C=O) groups is 1. The van der Waals surface area contributed by atoms with Crippen molar-refractivity contribution < 1.29 is 9.18 Å². The number of hydrogen-bond donors (Lipinski definition) is 2. The van der Waals surface area contributed by atoms with E-state index in [1.807, 2.05) is 13.8 Å². The van der Waals surface area contributed by atoms with Gasteiger partial charge in [0.2, 0.25) is 5.91 Å². The van der Waals surface area contributed by atoms with Crippen LogP contribution in [0.3, 0.4) is 0 Å². The molecule has 0 radical (unpaired) electrons. The number of anilines is 1. The van der Waals surface area contributed by atoms with Crippen LogP contribution in [0, 0.1) is 11.7 Å². The zero-order valence-electron chi connectivity index (χ0n) is 9.54. The molecule has 0 aromatic heterocycles.